The lowest BCUT2D eigenvalue weighted by Crippen LogP contribution is -2.54. The van der Waals surface area contributed by atoms with Gasteiger partial charge in [-0.15, -0.1) is 0 Å². The van der Waals surface area contributed by atoms with Crippen LogP contribution in [0.3, 0.4) is 0 Å². The first-order valence-corrected chi connectivity index (χ1v) is 10.1. The standard InChI is InChI=1S/C21H22F2N4O5/c1-25-11-26(9-14-3-2-6-32-14)21(31)17-19(29)18(28)15(10-27(17)25)20(30)24-8-12-4-5-13(22)7-16(12)23/h4-5,7,10,14,29H,2-3,6,8-9,11H2,1H3,(H,24,30). The van der Waals surface area contributed by atoms with Crippen molar-refractivity contribution in [1.29, 1.82) is 0 Å². The fourth-order valence-corrected chi connectivity index (χ4v) is 3.86. The predicted molar refractivity (Wildman–Crippen MR) is 109 cm³/mol. The third-order valence-electron chi connectivity index (χ3n) is 5.54. The average molecular weight is 448 g/mol. The highest BCUT2D eigenvalue weighted by Gasteiger charge is 2.34. The van der Waals surface area contributed by atoms with Gasteiger partial charge in [-0.25, -0.2) is 8.78 Å². The molecule has 0 saturated carbocycles. The number of benzene rings is 1. The molecule has 0 spiro atoms. The molecule has 11 heteroatoms. The van der Waals surface area contributed by atoms with Crippen molar-refractivity contribution in [3.8, 4) is 5.75 Å². The van der Waals surface area contributed by atoms with Gasteiger partial charge in [-0.2, -0.15) is 0 Å². The monoisotopic (exact) mass is 448 g/mol. The Morgan fingerprint density at radius 1 is 1.31 bits per heavy atom. The number of hydrogen-bond acceptors (Lipinski definition) is 6. The van der Waals surface area contributed by atoms with E-state index >= 15 is 0 Å². The minimum atomic E-state index is -1.02. The van der Waals surface area contributed by atoms with Gasteiger partial charge in [0.1, 0.15) is 23.9 Å². The Hall–Kier alpha value is -3.47. The maximum absolute atomic E-state index is 13.8. The first-order valence-electron chi connectivity index (χ1n) is 10.1. The SMILES string of the molecule is CN1CN(CC2CCCO2)C(=O)c2c(O)c(=O)c(C(=O)NCc3ccc(F)cc3F)cn21. The Labute approximate surface area is 181 Å². The Morgan fingerprint density at radius 2 is 2.09 bits per heavy atom. The lowest BCUT2D eigenvalue weighted by molar-refractivity contribution is 0.0465. The van der Waals surface area contributed by atoms with Crippen molar-refractivity contribution in [2.45, 2.75) is 25.5 Å². The van der Waals surface area contributed by atoms with Crippen LogP contribution in [0.4, 0.5) is 8.78 Å². The molecule has 0 radical (unpaired) electrons. The van der Waals surface area contributed by atoms with Gasteiger partial charge in [0.05, 0.1) is 6.10 Å². The predicted octanol–water partition coefficient (Wildman–Crippen LogP) is 0.922. The number of aromatic nitrogens is 1. The molecule has 2 aliphatic heterocycles. The quantitative estimate of drug-likeness (QED) is 0.705. The first-order chi connectivity index (χ1) is 15.3. The summed E-state index contributed by atoms with van der Waals surface area (Å²) in [6.45, 7) is 0.819. The second-order valence-electron chi connectivity index (χ2n) is 7.79. The van der Waals surface area contributed by atoms with Crippen LogP contribution in [0.1, 0.15) is 39.3 Å². The highest BCUT2D eigenvalue weighted by molar-refractivity contribution is 5.99. The van der Waals surface area contributed by atoms with Crippen LogP contribution in [0.25, 0.3) is 0 Å². The number of rotatable bonds is 5. The number of nitrogens with one attached hydrogen (secondary N) is 1. The number of pyridine rings is 1. The van der Waals surface area contributed by atoms with E-state index in [4.69, 9.17) is 4.74 Å². The van der Waals surface area contributed by atoms with Gasteiger partial charge in [-0.05, 0) is 18.9 Å². The number of ether oxygens (including phenoxy) is 1. The molecule has 2 N–H and O–H groups in total. The van der Waals surface area contributed by atoms with E-state index in [1.165, 1.54) is 15.6 Å². The van der Waals surface area contributed by atoms with Crippen molar-refractivity contribution >= 4 is 11.8 Å². The normalized spacial score (nSPS) is 18.1. The van der Waals surface area contributed by atoms with Crippen LogP contribution in [0.2, 0.25) is 0 Å². The molecule has 4 rings (SSSR count). The van der Waals surface area contributed by atoms with Gasteiger partial charge in [0.2, 0.25) is 5.43 Å². The fourth-order valence-electron chi connectivity index (χ4n) is 3.86. The summed E-state index contributed by atoms with van der Waals surface area (Å²) in [5, 5.41) is 14.4. The van der Waals surface area contributed by atoms with E-state index in [0.717, 1.165) is 25.1 Å². The molecule has 1 aromatic carbocycles. The summed E-state index contributed by atoms with van der Waals surface area (Å²) in [7, 11) is 1.64. The molecular formula is C21H22F2N4O5. The zero-order valence-electron chi connectivity index (χ0n) is 17.3. The second kappa shape index (κ2) is 8.58. The number of carbonyl (C=O) groups excluding carboxylic acids is 2. The maximum Gasteiger partial charge on any atom is 0.277 e. The topological polar surface area (TPSA) is 104 Å². The van der Waals surface area contributed by atoms with Crippen molar-refractivity contribution in [2.75, 3.05) is 31.9 Å². The Morgan fingerprint density at radius 3 is 2.78 bits per heavy atom. The number of carbonyl (C=O) groups is 2. The van der Waals surface area contributed by atoms with Crippen LogP contribution in [0.15, 0.2) is 29.2 Å². The maximum atomic E-state index is 13.8. The van der Waals surface area contributed by atoms with E-state index in [9.17, 15) is 28.3 Å². The molecule has 2 aromatic rings. The van der Waals surface area contributed by atoms with Crippen LogP contribution in [0, 0.1) is 11.6 Å². The molecule has 32 heavy (non-hydrogen) atoms. The molecule has 0 bridgehead atoms. The molecule has 1 aromatic heterocycles. The number of fused-ring (bicyclic) bond motifs is 1. The van der Waals surface area contributed by atoms with E-state index in [-0.39, 0.29) is 30.6 Å². The molecule has 2 amide bonds. The minimum absolute atomic E-state index is 0.0269. The number of amides is 2. The largest absolute Gasteiger partial charge is 0.502 e. The molecule has 2 aliphatic rings. The third-order valence-corrected chi connectivity index (χ3v) is 5.54. The van der Waals surface area contributed by atoms with Crippen molar-refractivity contribution in [1.82, 2.24) is 14.9 Å². The van der Waals surface area contributed by atoms with Crippen molar-refractivity contribution < 1.29 is 28.2 Å². The van der Waals surface area contributed by atoms with E-state index in [1.807, 2.05) is 0 Å². The van der Waals surface area contributed by atoms with Crippen LogP contribution in [-0.2, 0) is 11.3 Å². The van der Waals surface area contributed by atoms with Crippen molar-refractivity contribution in [2.24, 2.45) is 0 Å². The smallest absolute Gasteiger partial charge is 0.277 e. The zero-order chi connectivity index (χ0) is 23.0. The summed E-state index contributed by atoms with van der Waals surface area (Å²) >= 11 is 0. The van der Waals surface area contributed by atoms with Gasteiger partial charge >= 0.3 is 0 Å². The minimum Gasteiger partial charge on any atom is -0.502 e. The van der Waals surface area contributed by atoms with E-state index in [1.54, 1.807) is 12.1 Å². The zero-order valence-corrected chi connectivity index (χ0v) is 17.3. The van der Waals surface area contributed by atoms with Crippen LogP contribution in [0.5, 0.6) is 5.75 Å². The molecule has 1 unspecified atom stereocenters. The molecular weight excluding hydrogens is 426 g/mol. The molecule has 9 nitrogen and oxygen atoms in total. The Balaban J connectivity index is 1.57. The molecule has 1 saturated heterocycles. The summed E-state index contributed by atoms with van der Waals surface area (Å²) in [5.74, 6) is -3.86. The molecule has 170 valence electrons. The Bertz CT molecular complexity index is 1130. The first kappa shape index (κ1) is 21.8. The molecule has 1 atom stereocenters. The Kier molecular flexibility index (Phi) is 5.83. The summed E-state index contributed by atoms with van der Waals surface area (Å²) in [5.41, 5.74) is -1.66. The van der Waals surface area contributed by atoms with Gasteiger partial charge in [0, 0.05) is 44.6 Å². The van der Waals surface area contributed by atoms with Gasteiger partial charge < -0.3 is 20.1 Å². The van der Waals surface area contributed by atoms with Gasteiger partial charge in [-0.1, -0.05) is 6.07 Å². The fraction of sp³-hybridized carbons (Fsp3) is 0.381. The number of aromatic hydroxyl groups is 1. The summed E-state index contributed by atoms with van der Waals surface area (Å²) in [6, 6.07) is 2.91. The number of halogens is 2. The highest BCUT2D eigenvalue weighted by atomic mass is 19.1. The van der Waals surface area contributed by atoms with E-state index < -0.39 is 40.2 Å². The third kappa shape index (κ3) is 4.03. The van der Waals surface area contributed by atoms with Crippen LogP contribution in [-0.4, -0.2) is 59.5 Å². The number of hydrogen-bond donors (Lipinski definition) is 2. The molecule has 1 fully saturated rings. The molecule has 0 aliphatic carbocycles. The average Bonchev–Trinajstić information content (AvgIpc) is 3.26. The van der Waals surface area contributed by atoms with Gasteiger partial charge in [-0.3, -0.25) is 24.1 Å². The van der Waals surface area contributed by atoms with Crippen LogP contribution < -0.4 is 15.8 Å². The summed E-state index contributed by atoms with van der Waals surface area (Å²) < 4.78 is 33.6. The van der Waals surface area contributed by atoms with Crippen LogP contribution >= 0.6 is 0 Å². The van der Waals surface area contributed by atoms with Crippen molar-refractivity contribution in [3.63, 3.8) is 0 Å². The molecule has 3 heterocycles. The van der Waals surface area contributed by atoms with Crippen molar-refractivity contribution in [3.05, 3.63) is 63.1 Å². The second-order valence-corrected chi connectivity index (χ2v) is 7.79. The number of nitrogens with zero attached hydrogens (tertiary/aromatic N) is 3. The van der Waals surface area contributed by atoms with E-state index in [2.05, 4.69) is 5.32 Å². The lowest BCUT2D eigenvalue weighted by Gasteiger charge is -2.38. The summed E-state index contributed by atoms with van der Waals surface area (Å²) in [6.07, 6.45) is 2.78. The van der Waals surface area contributed by atoms with Gasteiger partial charge in [0.15, 0.2) is 11.4 Å². The lowest BCUT2D eigenvalue weighted by atomic mass is 10.1. The highest BCUT2D eigenvalue weighted by Crippen LogP contribution is 2.23. The summed E-state index contributed by atoms with van der Waals surface area (Å²) in [4.78, 5) is 39.6. The van der Waals surface area contributed by atoms with E-state index in [0.29, 0.717) is 19.2 Å². The van der Waals surface area contributed by atoms with Gasteiger partial charge in [0.25, 0.3) is 11.8 Å².